The lowest BCUT2D eigenvalue weighted by Gasteiger charge is -2.36. The van der Waals surface area contributed by atoms with E-state index < -0.39 is 5.97 Å². The molecule has 1 saturated heterocycles. The Kier molecular flexibility index (Phi) is 6.39. The number of likely N-dealkylation sites (tertiary alicyclic amines) is 1. The maximum Gasteiger partial charge on any atom is 0.342 e. The third-order valence-electron chi connectivity index (χ3n) is 6.98. The Morgan fingerprint density at radius 3 is 2.40 bits per heavy atom. The van der Waals surface area contributed by atoms with Crippen LogP contribution >= 0.6 is 0 Å². The third kappa shape index (κ3) is 4.02. The smallest absolute Gasteiger partial charge is 0.342 e. The van der Waals surface area contributed by atoms with Crippen LogP contribution in [0.1, 0.15) is 59.5 Å². The van der Waals surface area contributed by atoms with Gasteiger partial charge in [0.05, 0.1) is 19.8 Å². The predicted molar refractivity (Wildman–Crippen MR) is 136 cm³/mol. The van der Waals surface area contributed by atoms with Gasteiger partial charge in [-0.3, -0.25) is 4.90 Å². The highest BCUT2D eigenvalue weighted by Crippen LogP contribution is 2.48. The van der Waals surface area contributed by atoms with Gasteiger partial charge in [-0.25, -0.2) is 4.79 Å². The Balaban J connectivity index is 1.87. The van der Waals surface area contributed by atoms with E-state index >= 15 is 0 Å². The molecule has 6 nitrogen and oxygen atoms in total. The molecule has 3 aromatic carbocycles. The fourth-order valence-electron chi connectivity index (χ4n) is 5.38. The number of methoxy groups -OCH3 is 1. The van der Waals surface area contributed by atoms with E-state index in [1.54, 1.807) is 21.0 Å². The van der Waals surface area contributed by atoms with Crippen molar-refractivity contribution >= 4 is 27.7 Å². The average molecular weight is 474 g/mol. The molecule has 0 radical (unpaired) electrons. The number of carbonyl (C=O) groups excluding carboxylic acids is 1. The van der Waals surface area contributed by atoms with Crippen LogP contribution in [0.15, 0.2) is 52.9 Å². The minimum Gasteiger partial charge on any atom is -0.507 e. The molecule has 1 aromatic heterocycles. The number of phenols is 1. The van der Waals surface area contributed by atoms with Crippen molar-refractivity contribution in [3.8, 4) is 11.5 Å². The number of ether oxygens (including phenoxy) is 2. The number of hydrogen-bond donors (Lipinski definition) is 1. The van der Waals surface area contributed by atoms with E-state index in [0.717, 1.165) is 42.6 Å². The van der Waals surface area contributed by atoms with Crippen LogP contribution in [0.25, 0.3) is 21.7 Å². The van der Waals surface area contributed by atoms with E-state index in [1.165, 1.54) is 6.42 Å². The second kappa shape index (κ2) is 9.62. The summed E-state index contributed by atoms with van der Waals surface area (Å²) < 4.78 is 17.1. The molecule has 0 saturated carbocycles. The first kappa shape index (κ1) is 23.2. The Hall–Kier alpha value is -3.51. The molecule has 182 valence electrons. The van der Waals surface area contributed by atoms with Crippen molar-refractivity contribution in [3.63, 3.8) is 0 Å². The van der Waals surface area contributed by atoms with Crippen LogP contribution < -0.4 is 4.74 Å². The van der Waals surface area contributed by atoms with Crippen molar-refractivity contribution in [1.82, 2.24) is 4.90 Å². The van der Waals surface area contributed by atoms with E-state index in [4.69, 9.17) is 13.9 Å². The summed E-state index contributed by atoms with van der Waals surface area (Å²) in [7, 11) is 1.65. The quantitative estimate of drug-likeness (QED) is 0.329. The number of carbonyl (C=O) groups is 1. The number of esters is 1. The lowest BCUT2D eigenvalue weighted by Crippen LogP contribution is -2.34. The summed E-state index contributed by atoms with van der Waals surface area (Å²) in [6, 6.07) is 15.3. The molecule has 35 heavy (non-hydrogen) atoms. The van der Waals surface area contributed by atoms with Crippen molar-refractivity contribution < 1.29 is 23.8 Å². The summed E-state index contributed by atoms with van der Waals surface area (Å²) in [5.41, 5.74) is 2.69. The maximum absolute atomic E-state index is 13.2. The first-order chi connectivity index (χ1) is 17.0. The van der Waals surface area contributed by atoms with E-state index in [0.29, 0.717) is 33.2 Å². The highest BCUT2D eigenvalue weighted by Gasteiger charge is 2.34. The van der Waals surface area contributed by atoms with Crippen LogP contribution in [-0.2, 0) is 4.74 Å². The Labute approximate surface area is 205 Å². The summed E-state index contributed by atoms with van der Waals surface area (Å²) in [6.45, 7) is 5.63. The zero-order valence-corrected chi connectivity index (χ0v) is 20.5. The molecule has 1 aliphatic rings. The Morgan fingerprint density at radius 1 is 1.06 bits per heavy atom. The number of phenolic OH excluding ortho intramolecular Hbond substituents is 1. The van der Waals surface area contributed by atoms with Gasteiger partial charge in [0.1, 0.15) is 28.4 Å². The minimum atomic E-state index is -0.438. The van der Waals surface area contributed by atoms with Gasteiger partial charge in [0, 0.05) is 21.7 Å². The van der Waals surface area contributed by atoms with E-state index in [1.807, 2.05) is 48.5 Å². The summed E-state index contributed by atoms with van der Waals surface area (Å²) in [4.78, 5) is 15.6. The van der Waals surface area contributed by atoms with E-state index in [-0.39, 0.29) is 18.4 Å². The molecule has 0 aliphatic carbocycles. The predicted octanol–water partition coefficient (Wildman–Crippen LogP) is 6.36. The van der Waals surface area contributed by atoms with Crippen LogP contribution in [0.3, 0.4) is 0 Å². The number of rotatable bonds is 6. The van der Waals surface area contributed by atoms with E-state index in [2.05, 4.69) is 4.90 Å². The van der Waals surface area contributed by atoms with Crippen LogP contribution in [0.4, 0.5) is 0 Å². The monoisotopic (exact) mass is 473 g/mol. The molecule has 1 fully saturated rings. The number of nitrogens with zero attached hydrogens (tertiary/aromatic N) is 1. The first-order valence-corrected chi connectivity index (χ1v) is 12.3. The van der Waals surface area contributed by atoms with Gasteiger partial charge in [-0.1, -0.05) is 42.8 Å². The molecule has 0 amide bonds. The van der Waals surface area contributed by atoms with Crippen molar-refractivity contribution in [2.75, 3.05) is 26.8 Å². The molecule has 5 rings (SSSR count). The summed E-state index contributed by atoms with van der Waals surface area (Å²) in [5, 5.41) is 13.9. The Morgan fingerprint density at radius 2 is 1.74 bits per heavy atom. The molecular formula is C29H31NO5. The number of furan rings is 1. The lowest BCUT2D eigenvalue weighted by molar-refractivity contribution is 0.0526. The van der Waals surface area contributed by atoms with Crippen LogP contribution in [0.5, 0.6) is 11.5 Å². The molecule has 1 aliphatic heterocycles. The summed E-state index contributed by atoms with van der Waals surface area (Å²) in [6.07, 6.45) is 3.35. The zero-order chi connectivity index (χ0) is 24.5. The first-order valence-electron chi connectivity index (χ1n) is 12.3. The number of aryl methyl sites for hydroxylation is 1. The van der Waals surface area contributed by atoms with Crippen LogP contribution in [0, 0.1) is 6.92 Å². The molecular weight excluding hydrogens is 442 g/mol. The maximum atomic E-state index is 13.2. The van der Waals surface area contributed by atoms with Gasteiger partial charge >= 0.3 is 5.97 Å². The summed E-state index contributed by atoms with van der Waals surface area (Å²) >= 11 is 0. The van der Waals surface area contributed by atoms with Crippen molar-refractivity contribution in [2.45, 2.75) is 39.2 Å². The van der Waals surface area contributed by atoms with Gasteiger partial charge in [0.25, 0.3) is 0 Å². The van der Waals surface area contributed by atoms with Crippen molar-refractivity contribution in [3.05, 3.63) is 71.0 Å². The highest BCUT2D eigenvalue weighted by atomic mass is 16.5. The van der Waals surface area contributed by atoms with E-state index in [9.17, 15) is 9.90 Å². The number of benzene rings is 3. The van der Waals surface area contributed by atoms with Gasteiger partial charge in [0.15, 0.2) is 0 Å². The third-order valence-corrected chi connectivity index (χ3v) is 6.98. The molecule has 1 atom stereocenters. The molecule has 0 bridgehead atoms. The molecule has 4 aromatic rings. The van der Waals surface area contributed by atoms with Crippen LogP contribution in [0.2, 0.25) is 0 Å². The van der Waals surface area contributed by atoms with Crippen molar-refractivity contribution in [1.29, 1.82) is 0 Å². The van der Waals surface area contributed by atoms with Gasteiger partial charge < -0.3 is 19.0 Å². The second-order valence-electron chi connectivity index (χ2n) is 9.04. The topological polar surface area (TPSA) is 72.1 Å². The Bertz CT molecular complexity index is 1370. The molecule has 6 heteroatoms. The van der Waals surface area contributed by atoms with Crippen molar-refractivity contribution in [2.24, 2.45) is 0 Å². The van der Waals surface area contributed by atoms with Gasteiger partial charge in [0.2, 0.25) is 0 Å². The number of piperidine rings is 1. The highest BCUT2D eigenvalue weighted by molar-refractivity contribution is 6.16. The van der Waals surface area contributed by atoms with Crippen LogP contribution in [-0.4, -0.2) is 42.8 Å². The minimum absolute atomic E-state index is 0.172. The molecule has 0 spiro atoms. The lowest BCUT2D eigenvalue weighted by atomic mass is 9.88. The normalized spacial score (nSPS) is 15.4. The largest absolute Gasteiger partial charge is 0.507 e. The molecule has 0 unspecified atom stereocenters. The van der Waals surface area contributed by atoms with Gasteiger partial charge in [-0.15, -0.1) is 0 Å². The number of aromatic hydroxyl groups is 1. The standard InChI is InChI=1S/C29H31NO5/c1-4-34-29(32)23-18(2)35-28-22-11-7-6-10-21(22)27(31)25(24(23)28)26(30-16-8-5-9-17-30)19-12-14-20(33-3)15-13-19/h6-7,10-15,26,31H,4-5,8-9,16-17H2,1-3H3/t26-/m1/s1. The number of fused-ring (bicyclic) bond motifs is 3. The average Bonchev–Trinajstić information content (AvgIpc) is 3.24. The fourth-order valence-corrected chi connectivity index (χ4v) is 5.38. The second-order valence-corrected chi connectivity index (χ2v) is 9.04. The van der Waals surface area contributed by atoms with Gasteiger partial charge in [-0.2, -0.15) is 0 Å². The SMILES string of the molecule is CCOC(=O)c1c(C)oc2c1c([C@@H](c1ccc(OC)cc1)N1CCCCC1)c(O)c1ccccc12. The fraction of sp³-hybridized carbons (Fsp3) is 0.345. The molecule has 2 heterocycles. The molecule has 1 N–H and O–H groups in total. The summed E-state index contributed by atoms with van der Waals surface area (Å²) in [5.74, 6) is 0.991. The zero-order valence-electron chi connectivity index (χ0n) is 20.5. The van der Waals surface area contributed by atoms with Gasteiger partial charge in [-0.05, 0) is 57.5 Å². The number of hydrogen-bond acceptors (Lipinski definition) is 6.